The smallest absolute Gasteiger partial charge is 0.121 e. The Morgan fingerprint density at radius 1 is 1.11 bits per heavy atom. The zero-order valence-electron chi connectivity index (χ0n) is 10.8. The van der Waals surface area contributed by atoms with E-state index in [9.17, 15) is 0 Å². The molecule has 0 fully saturated rings. The summed E-state index contributed by atoms with van der Waals surface area (Å²) in [5.74, 6) is 0.773. The Morgan fingerprint density at radius 2 is 1.84 bits per heavy atom. The minimum absolute atomic E-state index is 0.727. The molecule has 1 aromatic heterocycles. The van der Waals surface area contributed by atoms with E-state index < -0.39 is 0 Å². The lowest BCUT2D eigenvalue weighted by Crippen LogP contribution is -1.98. The summed E-state index contributed by atoms with van der Waals surface area (Å²) in [7, 11) is 1.64. The molecule has 5 nitrogen and oxygen atoms in total. The van der Waals surface area contributed by atoms with Gasteiger partial charge in [-0.25, -0.2) is 0 Å². The van der Waals surface area contributed by atoms with Gasteiger partial charge in [-0.15, -0.1) is 10.2 Å². The van der Waals surface area contributed by atoms with E-state index >= 15 is 0 Å². The molecular weight excluding hydrogens is 240 g/mol. The molecule has 0 atom stereocenters. The number of nitrogens with two attached hydrogens (primary N) is 1. The number of benzene rings is 2. The monoisotopic (exact) mass is 254 g/mol. The summed E-state index contributed by atoms with van der Waals surface area (Å²) >= 11 is 0. The summed E-state index contributed by atoms with van der Waals surface area (Å²) in [6.45, 7) is 1.96. The lowest BCUT2D eigenvalue weighted by atomic mass is 10.2. The fourth-order valence-electron chi connectivity index (χ4n) is 1.93. The van der Waals surface area contributed by atoms with E-state index in [4.69, 9.17) is 10.5 Å². The first-order valence-corrected chi connectivity index (χ1v) is 5.95. The third kappa shape index (κ3) is 1.99. The van der Waals surface area contributed by atoms with Crippen LogP contribution in [0.15, 0.2) is 36.4 Å². The molecule has 3 aromatic rings. The first kappa shape index (κ1) is 11.5. The molecule has 96 valence electrons. The zero-order valence-corrected chi connectivity index (χ0v) is 10.8. The van der Waals surface area contributed by atoms with E-state index in [0.717, 1.165) is 33.7 Å². The van der Waals surface area contributed by atoms with Crippen LogP contribution in [-0.2, 0) is 0 Å². The van der Waals surface area contributed by atoms with E-state index in [-0.39, 0.29) is 0 Å². The number of hydrogen-bond donors (Lipinski definition) is 1. The SMILES string of the molecule is COc1cccc(-n2nc3cc(C)c(N)cc3n2)c1. The summed E-state index contributed by atoms with van der Waals surface area (Å²) in [5, 5.41) is 8.89. The number of ether oxygens (including phenoxy) is 1. The van der Waals surface area contributed by atoms with Gasteiger partial charge in [0.2, 0.25) is 0 Å². The molecule has 1 heterocycles. The number of fused-ring (bicyclic) bond motifs is 1. The molecule has 0 aliphatic carbocycles. The molecule has 0 aliphatic rings. The lowest BCUT2D eigenvalue weighted by molar-refractivity contribution is 0.414. The highest BCUT2D eigenvalue weighted by molar-refractivity contribution is 5.79. The van der Waals surface area contributed by atoms with Crippen molar-refractivity contribution in [2.24, 2.45) is 0 Å². The average molecular weight is 254 g/mol. The van der Waals surface area contributed by atoms with E-state index in [1.165, 1.54) is 0 Å². The highest BCUT2D eigenvalue weighted by Gasteiger charge is 2.07. The number of anilines is 1. The molecule has 0 aliphatic heterocycles. The van der Waals surface area contributed by atoms with Gasteiger partial charge in [-0.05, 0) is 36.8 Å². The van der Waals surface area contributed by atoms with Crippen LogP contribution in [0.1, 0.15) is 5.56 Å². The summed E-state index contributed by atoms with van der Waals surface area (Å²) in [4.78, 5) is 1.59. The van der Waals surface area contributed by atoms with E-state index in [1.54, 1.807) is 11.9 Å². The molecule has 0 spiro atoms. The van der Waals surface area contributed by atoms with Crippen molar-refractivity contribution < 1.29 is 4.74 Å². The fraction of sp³-hybridized carbons (Fsp3) is 0.143. The largest absolute Gasteiger partial charge is 0.497 e. The third-order valence-electron chi connectivity index (χ3n) is 3.05. The van der Waals surface area contributed by atoms with Crippen LogP contribution in [0.5, 0.6) is 5.75 Å². The Labute approximate surface area is 110 Å². The number of nitrogen functional groups attached to an aromatic ring is 1. The Morgan fingerprint density at radius 3 is 2.58 bits per heavy atom. The van der Waals surface area contributed by atoms with Gasteiger partial charge in [-0.1, -0.05) is 6.07 Å². The molecule has 0 saturated heterocycles. The van der Waals surface area contributed by atoms with Gasteiger partial charge in [0, 0.05) is 11.8 Å². The van der Waals surface area contributed by atoms with Crippen LogP contribution in [0.3, 0.4) is 0 Å². The van der Waals surface area contributed by atoms with Crippen LogP contribution in [0, 0.1) is 6.92 Å². The van der Waals surface area contributed by atoms with Crippen molar-refractivity contribution in [2.45, 2.75) is 6.92 Å². The Balaban J connectivity index is 2.14. The Bertz CT molecular complexity index is 709. The molecule has 0 unspecified atom stereocenters. The second kappa shape index (κ2) is 4.28. The van der Waals surface area contributed by atoms with Gasteiger partial charge in [0.25, 0.3) is 0 Å². The number of rotatable bonds is 2. The topological polar surface area (TPSA) is 66.0 Å². The Hall–Kier alpha value is -2.56. The normalized spacial score (nSPS) is 10.8. The summed E-state index contributed by atoms with van der Waals surface area (Å²) in [5.41, 5.74) is 10.1. The van der Waals surface area contributed by atoms with Gasteiger partial charge in [0.05, 0.1) is 12.8 Å². The second-order valence-corrected chi connectivity index (χ2v) is 4.39. The third-order valence-corrected chi connectivity index (χ3v) is 3.05. The molecule has 0 bridgehead atoms. The molecule has 0 amide bonds. The predicted molar refractivity (Wildman–Crippen MR) is 74.6 cm³/mol. The number of hydrogen-bond acceptors (Lipinski definition) is 4. The van der Waals surface area contributed by atoms with E-state index in [0.29, 0.717) is 0 Å². The maximum absolute atomic E-state index is 5.88. The van der Waals surface area contributed by atoms with Crippen molar-refractivity contribution in [1.82, 2.24) is 15.0 Å². The minimum atomic E-state index is 0.727. The molecular formula is C14H14N4O. The first-order chi connectivity index (χ1) is 9.17. The van der Waals surface area contributed by atoms with Crippen molar-refractivity contribution in [2.75, 3.05) is 12.8 Å². The number of methoxy groups -OCH3 is 1. The molecule has 0 radical (unpaired) electrons. The number of nitrogens with zero attached hydrogens (tertiary/aromatic N) is 3. The van der Waals surface area contributed by atoms with Crippen molar-refractivity contribution in [1.29, 1.82) is 0 Å². The second-order valence-electron chi connectivity index (χ2n) is 4.39. The molecule has 3 rings (SSSR count). The fourth-order valence-corrected chi connectivity index (χ4v) is 1.93. The van der Waals surface area contributed by atoms with Crippen LogP contribution in [0.4, 0.5) is 5.69 Å². The number of aryl methyl sites for hydroxylation is 1. The molecule has 0 saturated carbocycles. The maximum atomic E-state index is 5.88. The highest BCUT2D eigenvalue weighted by atomic mass is 16.5. The summed E-state index contributed by atoms with van der Waals surface area (Å²) in [6.07, 6.45) is 0. The highest BCUT2D eigenvalue weighted by Crippen LogP contribution is 2.20. The first-order valence-electron chi connectivity index (χ1n) is 5.95. The summed E-state index contributed by atoms with van der Waals surface area (Å²) in [6, 6.07) is 11.4. The van der Waals surface area contributed by atoms with Crippen LogP contribution in [0.2, 0.25) is 0 Å². The zero-order chi connectivity index (χ0) is 13.4. The standard InChI is InChI=1S/C14H14N4O/c1-9-6-13-14(8-12(9)15)17-18(16-13)10-4-3-5-11(7-10)19-2/h3-8H,15H2,1-2H3. The Kier molecular flexibility index (Phi) is 2.59. The summed E-state index contributed by atoms with van der Waals surface area (Å²) < 4.78 is 5.20. The quantitative estimate of drug-likeness (QED) is 0.713. The van der Waals surface area contributed by atoms with Gasteiger partial charge < -0.3 is 10.5 Å². The van der Waals surface area contributed by atoms with Crippen LogP contribution in [-0.4, -0.2) is 22.1 Å². The van der Waals surface area contributed by atoms with Gasteiger partial charge >= 0.3 is 0 Å². The lowest BCUT2D eigenvalue weighted by Gasteiger charge is -2.02. The van der Waals surface area contributed by atoms with Crippen LogP contribution >= 0.6 is 0 Å². The average Bonchev–Trinajstić information content (AvgIpc) is 2.82. The maximum Gasteiger partial charge on any atom is 0.121 e. The molecule has 2 aromatic carbocycles. The predicted octanol–water partition coefficient (Wildman–Crippen LogP) is 2.32. The van der Waals surface area contributed by atoms with Gasteiger partial charge in [-0.2, -0.15) is 4.80 Å². The van der Waals surface area contributed by atoms with Crippen molar-refractivity contribution in [3.8, 4) is 11.4 Å². The van der Waals surface area contributed by atoms with Gasteiger partial charge in [0.15, 0.2) is 0 Å². The van der Waals surface area contributed by atoms with E-state index in [2.05, 4.69) is 10.2 Å². The van der Waals surface area contributed by atoms with Crippen LogP contribution in [0.25, 0.3) is 16.7 Å². The van der Waals surface area contributed by atoms with E-state index in [1.807, 2.05) is 43.3 Å². The van der Waals surface area contributed by atoms with Crippen molar-refractivity contribution in [3.63, 3.8) is 0 Å². The number of aromatic nitrogens is 3. The van der Waals surface area contributed by atoms with Gasteiger partial charge in [0.1, 0.15) is 16.8 Å². The van der Waals surface area contributed by atoms with Crippen molar-refractivity contribution >= 4 is 16.7 Å². The van der Waals surface area contributed by atoms with Crippen molar-refractivity contribution in [3.05, 3.63) is 42.0 Å². The minimum Gasteiger partial charge on any atom is -0.497 e. The molecule has 5 heteroatoms. The van der Waals surface area contributed by atoms with Crippen LogP contribution < -0.4 is 10.5 Å². The molecule has 2 N–H and O–H groups in total. The molecule has 19 heavy (non-hydrogen) atoms. The van der Waals surface area contributed by atoms with Gasteiger partial charge in [-0.3, -0.25) is 0 Å².